The molecule has 0 aromatic heterocycles. The number of nitrogens with zero attached hydrogens (tertiary/aromatic N) is 2. The van der Waals surface area contributed by atoms with Gasteiger partial charge < -0.3 is 4.90 Å². The van der Waals surface area contributed by atoms with Gasteiger partial charge in [-0.3, -0.25) is 0 Å². The van der Waals surface area contributed by atoms with Crippen molar-refractivity contribution in [3.8, 4) is 6.07 Å². The van der Waals surface area contributed by atoms with Crippen LogP contribution in [0.3, 0.4) is 0 Å². The fourth-order valence-electron chi connectivity index (χ4n) is 1.66. The Morgan fingerprint density at radius 2 is 2.36 bits per heavy atom. The molecule has 1 aliphatic heterocycles. The van der Waals surface area contributed by atoms with Gasteiger partial charge in [0.15, 0.2) is 0 Å². The molecule has 0 aromatic carbocycles. The smallest absolute Gasteiger partial charge is 0.133 e. The summed E-state index contributed by atoms with van der Waals surface area (Å²) in [5.41, 5.74) is 0. The van der Waals surface area contributed by atoms with E-state index in [-0.39, 0.29) is 5.38 Å². The van der Waals surface area contributed by atoms with Gasteiger partial charge in [0.1, 0.15) is 5.38 Å². The summed E-state index contributed by atoms with van der Waals surface area (Å²) in [6.45, 7) is 2.96. The molecule has 4 heteroatoms. The van der Waals surface area contributed by atoms with E-state index in [1.807, 2.05) is 11.8 Å². The summed E-state index contributed by atoms with van der Waals surface area (Å²) >= 11 is 7.82. The van der Waals surface area contributed by atoms with Gasteiger partial charge in [0, 0.05) is 23.6 Å². The molecule has 0 radical (unpaired) electrons. The molecule has 1 aliphatic rings. The first-order chi connectivity index (χ1) is 6.63. The molecule has 0 N–H and O–H groups in total. The second-order valence-electron chi connectivity index (χ2n) is 3.91. The Hall–Kier alpha value is 0.0900. The predicted molar refractivity (Wildman–Crippen MR) is 62.8 cm³/mol. The standard InChI is InChI=1S/C10H17ClN2S/c1-8-3-4-10(7-14-8)13(2)6-9(11)5-12/h8-10H,3-4,6-7H2,1-2H3. The average Bonchev–Trinajstić information content (AvgIpc) is 2.18. The van der Waals surface area contributed by atoms with Gasteiger partial charge in [-0.25, -0.2) is 0 Å². The number of rotatable bonds is 3. The number of hydrogen-bond acceptors (Lipinski definition) is 3. The molecule has 0 bridgehead atoms. The Morgan fingerprint density at radius 1 is 1.64 bits per heavy atom. The van der Waals surface area contributed by atoms with Crippen molar-refractivity contribution in [2.45, 2.75) is 36.4 Å². The first-order valence-electron chi connectivity index (χ1n) is 4.99. The zero-order chi connectivity index (χ0) is 10.6. The van der Waals surface area contributed by atoms with Crippen LogP contribution in [0.25, 0.3) is 0 Å². The zero-order valence-corrected chi connectivity index (χ0v) is 10.3. The number of halogens is 1. The van der Waals surface area contributed by atoms with Crippen LogP contribution < -0.4 is 0 Å². The molecule has 1 rings (SSSR count). The molecule has 0 aromatic rings. The molecule has 14 heavy (non-hydrogen) atoms. The van der Waals surface area contributed by atoms with Crippen LogP contribution in [0.2, 0.25) is 0 Å². The van der Waals surface area contributed by atoms with Crippen molar-refractivity contribution in [1.29, 1.82) is 5.26 Å². The lowest BCUT2D eigenvalue weighted by Crippen LogP contribution is -2.39. The van der Waals surface area contributed by atoms with Crippen molar-refractivity contribution < 1.29 is 0 Å². The number of thioether (sulfide) groups is 1. The van der Waals surface area contributed by atoms with Gasteiger partial charge in [0.2, 0.25) is 0 Å². The van der Waals surface area contributed by atoms with Crippen LogP contribution >= 0.6 is 23.4 Å². The van der Waals surface area contributed by atoms with E-state index in [0.717, 1.165) is 5.25 Å². The van der Waals surface area contributed by atoms with Crippen molar-refractivity contribution >= 4 is 23.4 Å². The molecule has 1 saturated heterocycles. The molecule has 3 unspecified atom stereocenters. The zero-order valence-electron chi connectivity index (χ0n) is 8.74. The summed E-state index contributed by atoms with van der Waals surface area (Å²) < 4.78 is 0. The van der Waals surface area contributed by atoms with Crippen molar-refractivity contribution in [3.05, 3.63) is 0 Å². The lowest BCUT2D eigenvalue weighted by molar-refractivity contribution is 0.249. The van der Waals surface area contributed by atoms with Gasteiger partial charge in [-0.1, -0.05) is 6.92 Å². The summed E-state index contributed by atoms with van der Waals surface area (Å²) in [5.74, 6) is 1.17. The van der Waals surface area contributed by atoms with E-state index in [9.17, 15) is 0 Å². The van der Waals surface area contributed by atoms with Gasteiger partial charge in [0.25, 0.3) is 0 Å². The van der Waals surface area contributed by atoms with E-state index in [4.69, 9.17) is 16.9 Å². The highest BCUT2D eigenvalue weighted by Crippen LogP contribution is 2.27. The van der Waals surface area contributed by atoms with E-state index in [2.05, 4.69) is 24.9 Å². The van der Waals surface area contributed by atoms with Gasteiger partial charge >= 0.3 is 0 Å². The number of alkyl halides is 1. The fourth-order valence-corrected chi connectivity index (χ4v) is 3.15. The highest BCUT2D eigenvalue weighted by atomic mass is 35.5. The second kappa shape index (κ2) is 5.85. The first-order valence-corrected chi connectivity index (χ1v) is 6.47. The minimum absolute atomic E-state index is 0.371. The molecular weight excluding hydrogens is 216 g/mol. The molecule has 80 valence electrons. The van der Waals surface area contributed by atoms with Gasteiger partial charge in [0.05, 0.1) is 6.07 Å². The topological polar surface area (TPSA) is 27.0 Å². The Kier molecular flexibility index (Phi) is 5.08. The van der Waals surface area contributed by atoms with E-state index < -0.39 is 0 Å². The largest absolute Gasteiger partial charge is 0.300 e. The molecule has 2 nitrogen and oxygen atoms in total. The van der Waals surface area contributed by atoms with Gasteiger partial charge in [-0.05, 0) is 19.9 Å². The SMILES string of the molecule is CC1CCC(N(C)CC(Cl)C#N)CS1. The van der Waals surface area contributed by atoms with Crippen molar-refractivity contribution in [3.63, 3.8) is 0 Å². The van der Waals surface area contributed by atoms with Crippen LogP contribution in [0.5, 0.6) is 0 Å². The third-order valence-electron chi connectivity index (χ3n) is 2.69. The highest BCUT2D eigenvalue weighted by molar-refractivity contribution is 7.99. The van der Waals surface area contributed by atoms with Crippen molar-refractivity contribution in [1.82, 2.24) is 4.90 Å². The molecule has 1 heterocycles. The van der Waals surface area contributed by atoms with E-state index in [1.165, 1.54) is 18.6 Å². The maximum Gasteiger partial charge on any atom is 0.133 e. The molecule has 0 saturated carbocycles. The minimum atomic E-state index is -0.371. The maximum absolute atomic E-state index is 8.61. The average molecular weight is 233 g/mol. The lowest BCUT2D eigenvalue weighted by Gasteiger charge is -2.33. The first kappa shape index (κ1) is 12.2. The Balaban J connectivity index is 2.31. The van der Waals surface area contributed by atoms with Crippen LogP contribution in [0, 0.1) is 11.3 Å². The molecule has 3 atom stereocenters. The van der Waals surface area contributed by atoms with E-state index in [1.54, 1.807) is 0 Å². The maximum atomic E-state index is 8.61. The van der Waals surface area contributed by atoms with E-state index in [0.29, 0.717) is 12.6 Å². The molecule has 0 aliphatic carbocycles. The van der Waals surface area contributed by atoms with Crippen LogP contribution in [0.4, 0.5) is 0 Å². The van der Waals surface area contributed by atoms with Crippen molar-refractivity contribution in [2.24, 2.45) is 0 Å². The van der Waals surface area contributed by atoms with E-state index >= 15 is 0 Å². The van der Waals surface area contributed by atoms with Crippen LogP contribution in [-0.2, 0) is 0 Å². The minimum Gasteiger partial charge on any atom is -0.300 e. The van der Waals surface area contributed by atoms with Crippen LogP contribution in [0.1, 0.15) is 19.8 Å². The molecule has 0 amide bonds. The molecule has 1 fully saturated rings. The predicted octanol–water partition coefficient (Wildman–Crippen LogP) is 2.33. The van der Waals surface area contributed by atoms with Crippen molar-refractivity contribution in [2.75, 3.05) is 19.3 Å². The third-order valence-corrected chi connectivity index (χ3v) is 4.31. The summed E-state index contributed by atoms with van der Waals surface area (Å²) in [5, 5.41) is 9.03. The molecule has 0 spiro atoms. The fraction of sp³-hybridized carbons (Fsp3) is 0.900. The Bertz CT molecular complexity index is 209. The van der Waals surface area contributed by atoms with Gasteiger partial charge in [-0.15, -0.1) is 11.6 Å². The summed E-state index contributed by atoms with van der Waals surface area (Å²) in [6.07, 6.45) is 2.51. The third kappa shape index (κ3) is 3.68. The quantitative estimate of drug-likeness (QED) is 0.699. The Labute approximate surface area is 95.6 Å². The molecular formula is C10H17ClN2S. The number of nitriles is 1. The van der Waals surface area contributed by atoms with Gasteiger partial charge in [-0.2, -0.15) is 17.0 Å². The Morgan fingerprint density at radius 3 is 2.86 bits per heavy atom. The summed E-state index contributed by atoms with van der Waals surface area (Å²) in [7, 11) is 2.06. The summed E-state index contributed by atoms with van der Waals surface area (Å²) in [6, 6.07) is 2.66. The number of hydrogen-bond donors (Lipinski definition) is 0. The van der Waals surface area contributed by atoms with Crippen LogP contribution in [0.15, 0.2) is 0 Å². The normalized spacial score (nSPS) is 29.9. The summed E-state index contributed by atoms with van der Waals surface area (Å²) in [4.78, 5) is 2.22. The monoisotopic (exact) mass is 232 g/mol. The highest BCUT2D eigenvalue weighted by Gasteiger charge is 2.23. The lowest BCUT2D eigenvalue weighted by atomic mass is 10.1. The van der Waals surface area contributed by atoms with Crippen LogP contribution in [-0.4, -0.2) is 40.9 Å². The second-order valence-corrected chi connectivity index (χ2v) is 5.91.